The second kappa shape index (κ2) is 7.17. The number of hydrogen-bond donors (Lipinski definition) is 2. The number of amides is 1. The largest absolute Gasteiger partial charge is 0.352 e. The van der Waals surface area contributed by atoms with Crippen molar-refractivity contribution in [2.75, 3.05) is 6.26 Å². The lowest BCUT2D eigenvalue weighted by atomic mass is 10.1. The van der Waals surface area contributed by atoms with Crippen LogP contribution in [0.5, 0.6) is 0 Å². The average molecular weight is 244 g/mol. The van der Waals surface area contributed by atoms with Crippen molar-refractivity contribution < 1.29 is 4.79 Å². The predicted octanol–water partition coefficient (Wildman–Crippen LogP) is 1.90. The number of nitrogens with two attached hydrogens (primary N) is 1. The first-order valence-electron chi connectivity index (χ1n) is 6.26. The molecule has 1 fully saturated rings. The molecule has 0 aromatic heterocycles. The normalized spacial score (nSPS) is 26.7. The Labute approximate surface area is 103 Å². The smallest absolute Gasteiger partial charge is 0.237 e. The minimum Gasteiger partial charge on any atom is -0.352 e. The van der Waals surface area contributed by atoms with Crippen LogP contribution in [0.25, 0.3) is 0 Å². The Bertz CT molecular complexity index is 223. The highest BCUT2D eigenvalue weighted by Gasteiger charge is 2.26. The van der Waals surface area contributed by atoms with Crippen LogP contribution in [0.1, 0.15) is 45.4 Å². The number of hydrogen-bond acceptors (Lipinski definition) is 3. The molecule has 1 amide bonds. The summed E-state index contributed by atoms with van der Waals surface area (Å²) in [5.74, 6) is 0.0419. The Morgan fingerprint density at radius 2 is 2.31 bits per heavy atom. The maximum absolute atomic E-state index is 11.8. The van der Waals surface area contributed by atoms with E-state index in [9.17, 15) is 4.79 Å². The summed E-state index contributed by atoms with van der Waals surface area (Å²) >= 11 is 1.90. The fraction of sp³-hybridized carbons (Fsp3) is 0.917. The molecular formula is C12H24N2OS. The molecular weight excluding hydrogens is 220 g/mol. The van der Waals surface area contributed by atoms with Crippen LogP contribution in [0.4, 0.5) is 0 Å². The maximum Gasteiger partial charge on any atom is 0.237 e. The zero-order chi connectivity index (χ0) is 12.0. The van der Waals surface area contributed by atoms with Gasteiger partial charge in [0.1, 0.15) is 0 Å². The lowest BCUT2D eigenvalue weighted by Crippen LogP contribution is -2.44. The molecule has 1 rings (SSSR count). The van der Waals surface area contributed by atoms with E-state index in [0.717, 1.165) is 37.4 Å². The van der Waals surface area contributed by atoms with Crippen molar-refractivity contribution in [2.24, 2.45) is 5.73 Å². The van der Waals surface area contributed by atoms with Gasteiger partial charge in [-0.2, -0.15) is 11.8 Å². The lowest BCUT2D eigenvalue weighted by Gasteiger charge is -2.16. The van der Waals surface area contributed by atoms with E-state index in [1.165, 1.54) is 6.42 Å². The number of unbranched alkanes of at least 4 members (excludes halogenated alkanes) is 1. The van der Waals surface area contributed by atoms with E-state index in [1.807, 2.05) is 11.8 Å². The van der Waals surface area contributed by atoms with E-state index in [4.69, 9.17) is 5.73 Å². The topological polar surface area (TPSA) is 55.1 Å². The van der Waals surface area contributed by atoms with E-state index in [1.54, 1.807) is 0 Å². The van der Waals surface area contributed by atoms with Gasteiger partial charge in [-0.15, -0.1) is 0 Å². The average Bonchev–Trinajstić information content (AvgIpc) is 2.73. The van der Waals surface area contributed by atoms with Crippen LogP contribution < -0.4 is 11.1 Å². The molecule has 3 atom stereocenters. The van der Waals surface area contributed by atoms with Crippen molar-refractivity contribution >= 4 is 17.7 Å². The van der Waals surface area contributed by atoms with Gasteiger partial charge < -0.3 is 11.1 Å². The summed E-state index contributed by atoms with van der Waals surface area (Å²) in [5, 5.41) is 3.79. The van der Waals surface area contributed by atoms with E-state index >= 15 is 0 Å². The Kier molecular flexibility index (Phi) is 6.21. The van der Waals surface area contributed by atoms with Gasteiger partial charge >= 0.3 is 0 Å². The molecule has 16 heavy (non-hydrogen) atoms. The number of thioether (sulfide) groups is 1. The predicted molar refractivity (Wildman–Crippen MR) is 70.6 cm³/mol. The fourth-order valence-corrected chi connectivity index (χ4v) is 2.95. The van der Waals surface area contributed by atoms with Crippen molar-refractivity contribution in [1.29, 1.82) is 0 Å². The summed E-state index contributed by atoms with van der Waals surface area (Å²) in [6.45, 7) is 2.12. The zero-order valence-electron chi connectivity index (χ0n) is 10.4. The molecule has 94 valence electrons. The molecule has 3 nitrogen and oxygen atoms in total. The Morgan fingerprint density at radius 3 is 2.88 bits per heavy atom. The van der Waals surface area contributed by atoms with Crippen LogP contribution in [0, 0.1) is 0 Å². The third-order valence-corrected chi connectivity index (χ3v) is 4.36. The van der Waals surface area contributed by atoms with Gasteiger partial charge in [-0.25, -0.2) is 0 Å². The van der Waals surface area contributed by atoms with Gasteiger partial charge in [0.05, 0.1) is 6.04 Å². The van der Waals surface area contributed by atoms with Crippen LogP contribution in [0.3, 0.4) is 0 Å². The van der Waals surface area contributed by atoms with Crippen LogP contribution >= 0.6 is 11.8 Å². The van der Waals surface area contributed by atoms with E-state index in [0.29, 0.717) is 6.04 Å². The highest BCUT2D eigenvalue weighted by molar-refractivity contribution is 7.99. The minimum atomic E-state index is -0.312. The van der Waals surface area contributed by atoms with Crippen LogP contribution in [0.15, 0.2) is 0 Å². The highest BCUT2D eigenvalue weighted by atomic mass is 32.2. The van der Waals surface area contributed by atoms with Crippen LogP contribution in [-0.2, 0) is 4.79 Å². The van der Waals surface area contributed by atoms with Crippen molar-refractivity contribution in [1.82, 2.24) is 5.32 Å². The molecule has 0 radical (unpaired) electrons. The maximum atomic E-state index is 11.8. The van der Waals surface area contributed by atoms with Gasteiger partial charge in [-0.1, -0.05) is 19.8 Å². The van der Waals surface area contributed by atoms with Crippen molar-refractivity contribution in [2.45, 2.75) is 62.8 Å². The number of carbonyl (C=O) groups is 1. The van der Waals surface area contributed by atoms with Crippen molar-refractivity contribution in [3.8, 4) is 0 Å². The fourth-order valence-electron chi connectivity index (χ4n) is 2.15. The summed E-state index contributed by atoms with van der Waals surface area (Å²) in [6.07, 6.45) is 8.51. The summed E-state index contributed by atoms with van der Waals surface area (Å²) in [7, 11) is 0. The summed E-state index contributed by atoms with van der Waals surface area (Å²) in [6, 6.07) is 0.0471. The Balaban J connectivity index is 2.23. The molecule has 3 N–H and O–H groups in total. The van der Waals surface area contributed by atoms with Gasteiger partial charge in [-0.05, 0) is 31.9 Å². The second-order valence-corrected chi connectivity index (χ2v) is 5.76. The minimum absolute atomic E-state index is 0.0419. The molecule has 3 unspecified atom stereocenters. The Hall–Kier alpha value is -0.220. The van der Waals surface area contributed by atoms with Gasteiger partial charge in [0.2, 0.25) is 5.91 Å². The number of carbonyl (C=O) groups excluding carboxylic acids is 1. The van der Waals surface area contributed by atoms with Crippen LogP contribution in [-0.4, -0.2) is 29.5 Å². The summed E-state index contributed by atoms with van der Waals surface area (Å²) in [4.78, 5) is 11.8. The van der Waals surface area contributed by atoms with Crippen molar-refractivity contribution in [3.05, 3.63) is 0 Å². The third kappa shape index (κ3) is 4.34. The van der Waals surface area contributed by atoms with Gasteiger partial charge in [0, 0.05) is 11.3 Å². The lowest BCUT2D eigenvalue weighted by molar-refractivity contribution is -0.123. The number of nitrogens with one attached hydrogen (secondary N) is 1. The molecule has 1 aliphatic carbocycles. The SMILES string of the molecule is CCCCC(N)C(=O)NC1CCC(SC)C1. The second-order valence-electron chi connectivity index (χ2n) is 4.62. The molecule has 0 aromatic carbocycles. The summed E-state index contributed by atoms with van der Waals surface area (Å²) in [5.41, 5.74) is 5.83. The Morgan fingerprint density at radius 1 is 1.56 bits per heavy atom. The van der Waals surface area contributed by atoms with E-state index in [-0.39, 0.29) is 11.9 Å². The monoisotopic (exact) mass is 244 g/mol. The highest BCUT2D eigenvalue weighted by Crippen LogP contribution is 2.28. The molecule has 4 heteroatoms. The van der Waals surface area contributed by atoms with E-state index < -0.39 is 0 Å². The first-order valence-corrected chi connectivity index (χ1v) is 7.55. The molecule has 0 saturated heterocycles. The quantitative estimate of drug-likeness (QED) is 0.750. The molecule has 0 bridgehead atoms. The third-order valence-electron chi connectivity index (χ3n) is 3.27. The molecule has 1 aliphatic rings. The summed E-state index contributed by atoms with van der Waals surface area (Å²) < 4.78 is 0. The molecule has 0 aromatic rings. The van der Waals surface area contributed by atoms with E-state index in [2.05, 4.69) is 18.5 Å². The van der Waals surface area contributed by atoms with Crippen molar-refractivity contribution in [3.63, 3.8) is 0 Å². The molecule has 0 heterocycles. The first-order chi connectivity index (χ1) is 7.67. The van der Waals surface area contributed by atoms with Gasteiger partial charge in [0.15, 0.2) is 0 Å². The first kappa shape index (κ1) is 13.8. The molecule has 0 spiro atoms. The standard InChI is InChI=1S/C12H24N2OS/c1-3-4-5-11(13)12(15)14-9-6-7-10(8-9)16-2/h9-11H,3-8,13H2,1-2H3,(H,14,15). The van der Waals surface area contributed by atoms with Crippen LogP contribution in [0.2, 0.25) is 0 Å². The molecule has 0 aliphatic heterocycles. The molecule has 1 saturated carbocycles. The van der Waals surface area contributed by atoms with Gasteiger partial charge in [0.25, 0.3) is 0 Å². The van der Waals surface area contributed by atoms with Gasteiger partial charge in [-0.3, -0.25) is 4.79 Å². The number of rotatable bonds is 6. The zero-order valence-corrected chi connectivity index (χ0v) is 11.2.